The first-order valence-corrected chi connectivity index (χ1v) is 8.61. The van der Waals surface area contributed by atoms with Crippen molar-refractivity contribution in [3.63, 3.8) is 0 Å². The van der Waals surface area contributed by atoms with E-state index < -0.39 is 0 Å². The average Bonchev–Trinajstić information content (AvgIpc) is 3.03. The Kier molecular flexibility index (Phi) is 4.17. The van der Waals surface area contributed by atoms with Crippen LogP contribution in [-0.2, 0) is 6.54 Å². The van der Waals surface area contributed by atoms with Crippen molar-refractivity contribution in [2.45, 2.75) is 32.4 Å². The van der Waals surface area contributed by atoms with E-state index in [0.717, 1.165) is 31.3 Å². The topological polar surface area (TPSA) is 56.8 Å². The third-order valence-corrected chi connectivity index (χ3v) is 4.66. The minimum atomic E-state index is 0.413. The molecule has 3 aromatic rings. The molecule has 124 valence electrons. The summed E-state index contributed by atoms with van der Waals surface area (Å²) in [5.74, 6) is 0.746. The van der Waals surface area contributed by atoms with Crippen LogP contribution >= 0.6 is 0 Å². The van der Waals surface area contributed by atoms with Crippen LogP contribution in [0.3, 0.4) is 0 Å². The minimum Gasteiger partial charge on any atom is -0.361 e. The van der Waals surface area contributed by atoms with E-state index >= 15 is 0 Å². The van der Waals surface area contributed by atoms with Crippen molar-refractivity contribution in [1.29, 1.82) is 0 Å². The lowest BCUT2D eigenvalue weighted by Gasteiger charge is -2.33. The second kappa shape index (κ2) is 6.61. The van der Waals surface area contributed by atoms with E-state index in [1.54, 1.807) is 0 Å². The Hall–Kier alpha value is -2.40. The maximum Gasteiger partial charge on any atom is 0.223 e. The molecule has 1 saturated heterocycles. The predicted octanol–water partition coefficient (Wildman–Crippen LogP) is 3.34. The molecule has 3 heterocycles. The van der Waals surface area contributed by atoms with E-state index in [9.17, 15) is 0 Å². The van der Waals surface area contributed by atoms with E-state index in [-0.39, 0.29) is 0 Å². The van der Waals surface area contributed by atoms with Gasteiger partial charge in [-0.1, -0.05) is 6.07 Å². The number of aromatic amines is 1. The standard InChI is InChI=1S/C19H23N5/c1-14-6-8-21-19(22-14)23-17-3-2-10-24(13-17)12-15-4-5-18-16(11-15)7-9-20-18/h4-9,11,17,20H,2-3,10,12-13H2,1H3,(H,21,22,23). The molecule has 0 amide bonds. The summed E-state index contributed by atoms with van der Waals surface area (Å²) in [6.07, 6.45) is 6.19. The summed E-state index contributed by atoms with van der Waals surface area (Å²) >= 11 is 0. The van der Waals surface area contributed by atoms with Crippen molar-refractivity contribution < 1.29 is 0 Å². The number of fused-ring (bicyclic) bond motifs is 1. The van der Waals surface area contributed by atoms with Gasteiger partial charge in [-0.25, -0.2) is 9.97 Å². The largest absolute Gasteiger partial charge is 0.361 e. The zero-order valence-corrected chi connectivity index (χ0v) is 14.0. The van der Waals surface area contributed by atoms with Crippen molar-refractivity contribution in [1.82, 2.24) is 19.9 Å². The normalized spacial score (nSPS) is 18.8. The third-order valence-electron chi connectivity index (χ3n) is 4.66. The molecule has 1 unspecified atom stereocenters. The molecule has 1 fully saturated rings. The lowest BCUT2D eigenvalue weighted by Crippen LogP contribution is -2.41. The van der Waals surface area contributed by atoms with Crippen LogP contribution in [0.2, 0.25) is 0 Å². The molecule has 2 N–H and O–H groups in total. The van der Waals surface area contributed by atoms with Crippen LogP contribution in [0.25, 0.3) is 10.9 Å². The Balaban J connectivity index is 1.40. The molecule has 1 atom stereocenters. The maximum absolute atomic E-state index is 4.46. The van der Waals surface area contributed by atoms with E-state index in [1.807, 2.05) is 25.4 Å². The van der Waals surface area contributed by atoms with Gasteiger partial charge in [0.1, 0.15) is 0 Å². The van der Waals surface area contributed by atoms with Crippen molar-refractivity contribution >= 4 is 16.9 Å². The van der Waals surface area contributed by atoms with Gasteiger partial charge < -0.3 is 10.3 Å². The van der Waals surface area contributed by atoms with E-state index in [1.165, 1.54) is 29.3 Å². The first kappa shape index (κ1) is 15.1. The number of benzene rings is 1. The summed E-state index contributed by atoms with van der Waals surface area (Å²) in [5, 5.41) is 4.78. The fourth-order valence-corrected chi connectivity index (χ4v) is 3.48. The molecule has 4 rings (SSSR count). The van der Waals surface area contributed by atoms with Gasteiger partial charge in [0, 0.05) is 42.7 Å². The second-order valence-electron chi connectivity index (χ2n) is 6.64. The number of nitrogens with one attached hydrogen (secondary N) is 2. The predicted molar refractivity (Wildman–Crippen MR) is 97.0 cm³/mol. The zero-order chi connectivity index (χ0) is 16.4. The van der Waals surface area contributed by atoms with Crippen molar-refractivity contribution in [3.05, 3.63) is 54.0 Å². The number of hydrogen-bond donors (Lipinski definition) is 2. The highest BCUT2D eigenvalue weighted by molar-refractivity contribution is 5.79. The molecule has 0 saturated carbocycles. The van der Waals surface area contributed by atoms with Crippen molar-refractivity contribution in [3.8, 4) is 0 Å². The zero-order valence-electron chi connectivity index (χ0n) is 14.0. The van der Waals surface area contributed by atoms with Crippen LogP contribution in [0.5, 0.6) is 0 Å². The average molecular weight is 321 g/mol. The molecule has 24 heavy (non-hydrogen) atoms. The molecule has 0 radical (unpaired) electrons. The van der Waals surface area contributed by atoms with Crippen LogP contribution in [0, 0.1) is 6.92 Å². The smallest absolute Gasteiger partial charge is 0.223 e. The summed E-state index contributed by atoms with van der Waals surface area (Å²) < 4.78 is 0. The van der Waals surface area contributed by atoms with Crippen LogP contribution < -0.4 is 5.32 Å². The number of anilines is 1. The number of rotatable bonds is 4. The van der Waals surface area contributed by atoms with Gasteiger partial charge in [-0.3, -0.25) is 4.90 Å². The number of H-pyrrole nitrogens is 1. The van der Waals surface area contributed by atoms with Gasteiger partial charge in [0.2, 0.25) is 5.95 Å². The lowest BCUT2D eigenvalue weighted by molar-refractivity contribution is 0.208. The van der Waals surface area contributed by atoms with Crippen LogP contribution in [0.1, 0.15) is 24.1 Å². The van der Waals surface area contributed by atoms with Gasteiger partial charge in [0.25, 0.3) is 0 Å². The fourth-order valence-electron chi connectivity index (χ4n) is 3.48. The third kappa shape index (κ3) is 3.41. The van der Waals surface area contributed by atoms with Gasteiger partial charge in [0.05, 0.1) is 0 Å². The fraction of sp³-hybridized carbons (Fsp3) is 0.368. The van der Waals surface area contributed by atoms with Gasteiger partial charge in [-0.15, -0.1) is 0 Å². The Bertz CT molecular complexity index is 825. The van der Waals surface area contributed by atoms with E-state index in [4.69, 9.17) is 0 Å². The number of likely N-dealkylation sites (tertiary alicyclic amines) is 1. The highest BCUT2D eigenvalue weighted by Gasteiger charge is 2.20. The quantitative estimate of drug-likeness (QED) is 0.774. The van der Waals surface area contributed by atoms with Crippen LogP contribution in [0.4, 0.5) is 5.95 Å². The molecular weight excluding hydrogens is 298 g/mol. The highest BCUT2D eigenvalue weighted by Crippen LogP contribution is 2.19. The molecule has 1 aliphatic heterocycles. The molecule has 5 heteroatoms. The summed E-state index contributed by atoms with van der Waals surface area (Å²) in [7, 11) is 0. The van der Waals surface area contributed by atoms with Crippen LogP contribution in [0.15, 0.2) is 42.7 Å². The SMILES string of the molecule is Cc1ccnc(NC2CCCN(Cc3ccc4[nH]ccc4c3)C2)n1. The van der Waals surface area contributed by atoms with E-state index in [0.29, 0.717) is 6.04 Å². The number of nitrogens with zero attached hydrogens (tertiary/aromatic N) is 3. The molecule has 1 aliphatic rings. The molecule has 0 bridgehead atoms. The number of piperidine rings is 1. The summed E-state index contributed by atoms with van der Waals surface area (Å²) in [5.41, 5.74) is 3.57. The summed E-state index contributed by atoms with van der Waals surface area (Å²) in [4.78, 5) is 14.6. The monoisotopic (exact) mass is 321 g/mol. The van der Waals surface area contributed by atoms with Gasteiger partial charge >= 0.3 is 0 Å². The van der Waals surface area contributed by atoms with E-state index in [2.05, 4.69) is 49.4 Å². The van der Waals surface area contributed by atoms with Gasteiger partial charge in [-0.05, 0) is 61.5 Å². The molecule has 0 spiro atoms. The van der Waals surface area contributed by atoms with Crippen molar-refractivity contribution in [2.75, 3.05) is 18.4 Å². The molecular formula is C19H23N5. The molecule has 0 aliphatic carbocycles. The summed E-state index contributed by atoms with van der Waals surface area (Å²) in [6, 6.07) is 11.2. The Morgan fingerprint density at radius 1 is 1.29 bits per heavy atom. The number of aromatic nitrogens is 3. The Morgan fingerprint density at radius 3 is 3.17 bits per heavy atom. The molecule has 5 nitrogen and oxygen atoms in total. The maximum atomic E-state index is 4.46. The second-order valence-corrected chi connectivity index (χ2v) is 6.64. The van der Waals surface area contributed by atoms with Crippen LogP contribution in [-0.4, -0.2) is 39.0 Å². The summed E-state index contributed by atoms with van der Waals surface area (Å²) in [6.45, 7) is 5.17. The minimum absolute atomic E-state index is 0.413. The highest BCUT2D eigenvalue weighted by atomic mass is 15.2. The number of hydrogen-bond acceptors (Lipinski definition) is 4. The van der Waals surface area contributed by atoms with Gasteiger partial charge in [-0.2, -0.15) is 0 Å². The molecule has 2 aromatic heterocycles. The first-order valence-electron chi connectivity index (χ1n) is 8.61. The first-order chi connectivity index (χ1) is 11.8. The Labute approximate surface area is 142 Å². The van der Waals surface area contributed by atoms with Crippen molar-refractivity contribution in [2.24, 2.45) is 0 Å². The molecule has 1 aromatic carbocycles. The lowest BCUT2D eigenvalue weighted by atomic mass is 10.0. The van der Waals surface area contributed by atoms with Gasteiger partial charge in [0.15, 0.2) is 0 Å². The Morgan fingerprint density at radius 2 is 2.25 bits per heavy atom. The number of aryl methyl sites for hydroxylation is 1.